The minimum atomic E-state index is 0.467. The number of nitrogens with zero attached hydrogens (tertiary/aromatic N) is 1. The summed E-state index contributed by atoms with van der Waals surface area (Å²) in [5.41, 5.74) is 7.65. The minimum Gasteiger partial charge on any atom is -0.486 e. The summed E-state index contributed by atoms with van der Waals surface area (Å²) in [6.45, 7) is 5.31. The second-order valence-corrected chi connectivity index (χ2v) is 6.33. The molecule has 2 rings (SSSR count). The average Bonchev–Trinajstić information content (AvgIpc) is 2.86. The van der Waals surface area contributed by atoms with Gasteiger partial charge in [0.25, 0.3) is 0 Å². The first-order valence-corrected chi connectivity index (χ1v) is 7.83. The van der Waals surface area contributed by atoms with Crippen LogP contribution >= 0.6 is 27.3 Å². The summed E-state index contributed by atoms with van der Waals surface area (Å²) in [4.78, 5) is 4.55. The molecule has 102 valence electrons. The van der Waals surface area contributed by atoms with E-state index in [0.29, 0.717) is 19.1 Å². The normalized spacial score (nSPS) is 11.0. The van der Waals surface area contributed by atoms with Crippen molar-refractivity contribution in [3.8, 4) is 5.75 Å². The van der Waals surface area contributed by atoms with Crippen molar-refractivity contribution in [2.24, 2.45) is 5.73 Å². The molecule has 0 radical (unpaired) electrons. The number of halogens is 1. The lowest BCUT2D eigenvalue weighted by Gasteiger charge is -2.08. The van der Waals surface area contributed by atoms with E-state index in [4.69, 9.17) is 10.5 Å². The summed E-state index contributed by atoms with van der Waals surface area (Å²) >= 11 is 5.18. The van der Waals surface area contributed by atoms with Crippen LogP contribution in [0.15, 0.2) is 28.1 Å². The van der Waals surface area contributed by atoms with E-state index in [2.05, 4.69) is 40.1 Å². The van der Waals surface area contributed by atoms with Gasteiger partial charge in [0.2, 0.25) is 0 Å². The van der Waals surface area contributed by atoms with E-state index in [9.17, 15) is 0 Å². The summed E-state index contributed by atoms with van der Waals surface area (Å²) < 4.78 is 6.70. The highest BCUT2D eigenvalue weighted by atomic mass is 79.9. The summed E-state index contributed by atoms with van der Waals surface area (Å²) in [5.74, 6) is 1.28. The van der Waals surface area contributed by atoms with Gasteiger partial charge >= 0.3 is 0 Å². The molecule has 3 nitrogen and oxygen atoms in total. The third-order valence-corrected chi connectivity index (χ3v) is 4.48. The Balaban J connectivity index is 2.01. The van der Waals surface area contributed by atoms with Crippen molar-refractivity contribution in [3.63, 3.8) is 0 Å². The fourth-order valence-corrected chi connectivity index (χ4v) is 2.95. The Morgan fingerprint density at radius 1 is 1.42 bits per heavy atom. The molecule has 0 aliphatic carbocycles. The minimum absolute atomic E-state index is 0.467. The molecular weight excluding hydrogens is 324 g/mol. The molecule has 0 atom stereocenters. The Kier molecular flexibility index (Phi) is 4.96. The topological polar surface area (TPSA) is 48.1 Å². The van der Waals surface area contributed by atoms with E-state index >= 15 is 0 Å². The number of ether oxygens (including phenoxy) is 1. The third kappa shape index (κ3) is 3.78. The second-order valence-electron chi connectivity index (χ2n) is 4.59. The molecule has 0 saturated heterocycles. The van der Waals surface area contributed by atoms with Crippen molar-refractivity contribution >= 4 is 27.3 Å². The molecule has 19 heavy (non-hydrogen) atoms. The number of hydrogen-bond donors (Lipinski definition) is 1. The Morgan fingerprint density at radius 3 is 2.79 bits per heavy atom. The van der Waals surface area contributed by atoms with Crippen molar-refractivity contribution in [1.29, 1.82) is 0 Å². The highest BCUT2D eigenvalue weighted by Crippen LogP contribution is 2.27. The fraction of sp³-hybridized carbons (Fsp3) is 0.357. The smallest absolute Gasteiger partial charge is 0.134 e. The third-order valence-electron chi connectivity index (χ3n) is 2.67. The van der Waals surface area contributed by atoms with Crippen molar-refractivity contribution in [1.82, 2.24) is 4.98 Å². The molecule has 0 spiro atoms. The van der Waals surface area contributed by atoms with Gasteiger partial charge in [0.15, 0.2) is 0 Å². The first-order valence-electron chi connectivity index (χ1n) is 6.15. The van der Waals surface area contributed by atoms with Gasteiger partial charge in [0.05, 0.1) is 15.2 Å². The maximum atomic E-state index is 5.77. The summed E-state index contributed by atoms with van der Waals surface area (Å²) in [6, 6.07) is 5.89. The molecule has 0 fully saturated rings. The molecule has 0 aliphatic rings. The molecule has 2 N–H and O–H groups in total. The molecule has 1 aromatic carbocycles. The number of hydrogen-bond acceptors (Lipinski definition) is 4. The Hall–Kier alpha value is -0.910. The van der Waals surface area contributed by atoms with Gasteiger partial charge in [0, 0.05) is 17.8 Å². The largest absolute Gasteiger partial charge is 0.486 e. The maximum absolute atomic E-state index is 5.77. The van der Waals surface area contributed by atoms with E-state index in [1.54, 1.807) is 11.3 Å². The highest BCUT2D eigenvalue weighted by molar-refractivity contribution is 9.10. The number of rotatable bonds is 5. The molecule has 1 heterocycles. The maximum Gasteiger partial charge on any atom is 0.134 e. The van der Waals surface area contributed by atoms with Gasteiger partial charge in [0.1, 0.15) is 12.4 Å². The van der Waals surface area contributed by atoms with Gasteiger partial charge in [-0.2, -0.15) is 0 Å². The van der Waals surface area contributed by atoms with E-state index in [1.165, 1.54) is 0 Å². The van der Waals surface area contributed by atoms with Crippen LogP contribution in [0.4, 0.5) is 0 Å². The molecule has 0 saturated carbocycles. The van der Waals surface area contributed by atoms with Crippen LogP contribution in [0.25, 0.3) is 0 Å². The van der Waals surface area contributed by atoms with Crippen LogP contribution in [-0.4, -0.2) is 4.98 Å². The van der Waals surface area contributed by atoms with Crippen molar-refractivity contribution in [2.45, 2.75) is 32.9 Å². The lowest BCUT2D eigenvalue weighted by atomic mass is 10.2. The lowest BCUT2D eigenvalue weighted by molar-refractivity contribution is 0.300. The van der Waals surface area contributed by atoms with Gasteiger partial charge in [-0.25, -0.2) is 4.98 Å². The summed E-state index contributed by atoms with van der Waals surface area (Å²) in [5, 5.41) is 3.20. The van der Waals surface area contributed by atoms with Gasteiger partial charge in [-0.05, 0) is 33.6 Å². The van der Waals surface area contributed by atoms with Crippen molar-refractivity contribution in [3.05, 3.63) is 44.3 Å². The predicted molar refractivity (Wildman–Crippen MR) is 82.6 cm³/mol. The zero-order chi connectivity index (χ0) is 13.8. The SMILES string of the molecule is CC(C)c1nc(COc2ccc(CN)cc2Br)cs1. The van der Waals surface area contributed by atoms with Crippen LogP contribution in [0.5, 0.6) is 5.75 Å². The monoisotopic (exact) mass is 340 g/mol. The Morgan fingerprint density at radius 2 is 2.21 bits per heavy atom. The van der Waals surface area contributed by atoms with E-state index < -0.39 is 0 Å². The van der Waals surface area contributed by atoms with Crippen LogP contribution in [0.2, 0.25) is 0 Å². The zero-order valence-corrected chi connectivity index (χ0v) is 13.4. The summed E-state index contributed by atoms with van der Waals surface area (Å²) in [7, 11) is 0. The lowest BCUT2D eigenvalue weighted by Crippen LogP contribution is -1.99. The van der Waals surface area contributed by atoms with E-state index in [-0.39, 0.29) is 0 Å². The Bertz CT molecular complexity index is 554. The first kappa shape index (κ1) is 14.5. The second kappa shape index (κ2) is 6.50. The molecule has 5 heteroatoms. The van der Waals surface area contributed by atoms with Gasteiger partial charge in [-0.3, -0.25) is 0 Å². The van der Waals surface area contributed by atoms with E-state index in [0.717, 1.165) is 26.5 Å². The molecule has 0 bridgehead atoms. The molecule has 2 aromatic rings. The zero-order valence-electron chi connectivity index (χ0n) is 11.0. The van der Waals surface area contributed by atoms with Crippen LogP contribution in [-0.2, 0) is 13.2 Å². The molecule has 0 aliphatic heterocycles. The number of aromatic nitrogens is 1. The number of nitrogens with two attached hydrogens (primary N) is 1. The van der Waals surface area contributed by atoms with Crippen LogP contribution in [0.3, 0.4) is 0 Å². The van der Waals surface area contributed by atoms with Crippen molar-refractivity contribution < 1.29 is 4.74 Å². The number of thiazole rings is 1. The first-order chi connectivity index (χ1) is 9.10. The Labute approximate surface area is 125 Å². The molecular formula is C14H17BrN2OS. The standard InChI is InChI=1S/C14H17BrN2OS/c1-9(2)14-17-11(8-19-14)7-18-13-4-3-10(6-16)5-12(13)15/h3-5,8-9H,6-7,16H2,1-2H3. The van der Waals surface area contributed by atoms with Gasteiger partial charge < -0.3 is 10.5 Å². The summed E-state index contributed by atoms with van der Waals surface area (Å²) in [6.07, 6.45) is 0. The molecule has 0 amide bonds. The van der Waals surface area contributed by atoms with Gasteiger partial charge in [-0.1, -0.05) is 19.9 Å². The average molecular weight is 341 g/mol. The predicted octanol–water partition coefficient (Wildman–Crippen LogP) is 4.07. The molecule has 0 unspecified atom stereocenters. The molecule has 1 aromatic heterocycles. The van der Waals surface area contributed by atoms with Crippen LogP contribution < -0.4 is 10.5 Å². The van der Waals surface area contributed by atoms with Crippen LogP contribution in [0, 0.1) is 0 Å². The fourth-order valence-electron chi connectivity index (χ4n) is 1.59. The van der Waals surface area contributed by atoms with Gasteiger partial charge in [-0.15, -0.1) is 11.3 Å². The highest BCUT2D eigenvalue weighted by Gasteiger charge is 2.07. The van der Waals surface area contributed by atoms with Crippen molar-refractivity contribution in [2.75, 3.05) is 0 Å². The quantitative estimate of drug-likeness (QED) is 0.892. The van der Waals surface area contributed by atoms with Crippen LogP contribution in [0.1, 0.15) is 36.0 Å². The van der Waals surface area contributed by atoms with E-state index in [1.807, 2.05) is 18.2 Å². The number of benzene rings is 1.